The molecule has 2 rings (SSSR count). The van der Waals surface area contributed by atoms with Crippen molar-refractivity contribution in [2.45, 2.75) is 13.8 Å². The van der Waals surface area contributed by atoms with Crippen LogP contribution in [-0.2, 0) is 0 Å². The minimum Gasteiger partial charge on any atom is -0.476 e. The van der Waals surface area contributed by atoms with Crippen LogP contribution in [0.2, 0.25) is 0 Å². The summed E-state index contributed by atoms with van der Waals surface area (Å²) in [4.78, 5) is 35.2. The van der Waals surface area contributed by atoms with Gasteiger partial charge in [0.25, 0.3) is 0 Å². The van der Waals surface area contributed by atoms with Crippen LogP contribution in [0.5, 0.6) is 0 Å². The minimum atomic E-state index is -1.24. The quantitative estimate of drug-likeness (QED) is 0.856. The molecule has 6 heteroatoms. The van der Waals surface area contributed by atoms with Crippen LogP contribution >= 0.6 is 0 Å². The number of hydrogen-bond acceptors (Lipinski definition) is 5. The average Bonchev–Trinajstić information content (AvgIpc) is 2.46. The summed E-state index contributed by atoms with van der Waals surface area (Å²) in [6.45, 7) is 3.40. The van der Waals surface area contributed by atoms with E-state index in [1.54, 1.807) is 38.4 Å². The number of aromatic carboxylic acids is 1. The molecule has 0 atom stereocenters. The fraction of sp³-hybridized carbons (Fsp3) is 0.214. The Labute approximate surface area is 115 Å². The standard InChI is InChI=1S/C14H13N3O3/c1-8(2)12(18)10-7-16-13(17-11(10)14(19)20)9-3-5-15-6-4-9/h3-8H,1-2H3,(H,19,20). The smallest absolute Gasteiger partial charge is 0.355 e. The van der Waals surface area contributed by atoms with Gasteiger partial charge in [0, 0.05) is 30.1 Å². The van der Waals surface area contributed by atoms with Gasteiger partial charge in [0.15, 0.2) is 17.3 Å². The van der Waals surface area contributed by atoms with Crippen molar-refractivity contribution in [3.63, 3.8) is 0 Å². The molecule has 0 radical (unpaired) electrons. The molecular formula is C14H13N3O3. The highest BCUT2D eigenvalue weighted by atomic mass is 16.4. The van der Waals surface area contributed by atoms with E-state index in [1.807, 2.05) is 0 Å². The first-order valence-corrected chi connectivity index (χ1v) is 6.05. The summed E-state index contributed by atoms with van der Waals surface area (Å²) in [5.41, 5.74) is 0.405. The van der Waals surface area contributed by atoms with Gasteiger partial charge >= 0.3 is 5.97 Å². The van der Waals surface area contributed by atoms with Gasteiger partial charge in [-0.15, -0.1) is 0 Å². The molecule has 20 heavy (non-hydrogen) atoms. The van der Waals surface area contributed by atoms with Gasteiger partial charge in [-0.3, -0.25) is 9.78 Å². The molecule has 0 amide bonds. The lowest BCUT2D eigenvalue weighted by atomic mass is 10.0. The van der Waals surface area contributed by atoms with Crippen LogP contribution < -0.4 is 0 Å². The zero-order chi connectivity index (χ0) is 14.7. The van der Waals surface area contributed by atoms with E-state index in [4.69, 9.17) is 0 Å². The van der Waals surface area contributed by atoms with Crippen molar-refractivity contribution >= 4 is 11.8 Å². The molecule has 0 unspecified atom stereocenters. The molecule has 0 aliphatic carbocycles. The average molecular weight is 271 g/mol. The second kappa shape index (κ2) is 5.56. The van der Waals surface area contributed by atoms with Gasteiger partial charge in [-0.2, -0.15) is 0 Å². The molecule has 0 saturated heterocycles. The number of rotatable bonds is 4. The van der Waals surface area contributed by atoms with E-state index < -0.39 is 5.97 Å². The lowest BCUT2D eigenvalue weighted by Crippen LogP contribution is -2.16. The maximum absolute atomic E-state index is 12.0. The number of aromatic nitrogens is 3. The van der Waals surface area contributed by atoms with Crippen LogP contribution in [0.3, 0.4) is 0 Å². The van der Waals surface area contributed by atoms with Crippen molar-refractivity contribution in [1.82, 2.24) is 15.0 Å². The number of ketones is 1. The zero-order valence-corrected chi connectivity index (χ0v) is 11.1. The summed E-state index contributed by atoms with van der Waals surface area (Å²) in [5.74, 6) is -1.59. The molecule has 0 aromatic carbocycles. The zero-order valence-electron chi connectivity index (χ0n) is 11.1. The molecule has 0 bridgehead atoms. The monoisotopic (exact) mass is 271 g/mol. The number of carbonyl (C=O) groups is 2. The predicted molar refractivity (Wildman–Crippen MR) is 71.4 cm³/mol. The van der Waals surface area contributed by atoms with Crippen LogP contribution in [0.1, 0.15) is 34.7 Å². The van der Waals surface area contributed by atoms with E-state index >= 15 is 0 Å². The maximum atomic E-state index is 12.0. The molecule has 0 saturated carbocycles. The van der Waals surface area contributed by atoms with Crippen molar-refractivity contribution in [3.8, 4) is 11.4 Å². The van der Waals surface area contributed by atoms with Crippen molar-refractivity contribution < 1.29 is 14.7 Å². The van der Waals surface area contributed by atoms with E-state index in [-0.39, 0.29) is 28.8 Å². The highest BCUT2D eigenvalue weighted by Crippen LogP contribution is 2.17. The van der Waals surface area contributed by atoms with Crippen LogP contribution in [0.25, 0.3) is 11.4 Å². The fourth-order valence-corrected chi connectivity index (χ4v) is 1.68. The van der Waals surface area contributed by atoms with E-state index in [9.17, 15) is 14.7 Å². The van der Waals surface area contributed by atoms with Gasteiger partial charge < -0.3 is 5.11 Å². The third-order valence-electron chi connectivity index (χ3n) is 2.72. The van der Waals surface area contributed by atoms with Crippen LogP contribution in [0, 0.1) is 5.92 Å². The molecule has 2 heterocycles. The van der Waals surface area contributed by atoms with Gasteiger partial charge in [0.2, 0.25) is 0 Å². The van der Waals surface area contributed by atoms with E-state index in [0.717, 1.165) is 0 Å². The van der Waals surface area contributed by atoms with Crippen molar-refractivity contribution in [2.24, 2.45) is 5.92 Å². The van der Waals surface area contributed by atoms with Crippen LogP contribution in [0.15, 0.2) is 30.7 Å². The number of carbonyl (C=O) groups excluding carboxylic acids is 1. The summed E-state index contributed by atoms with van der Waals surface area (Å²) in [5, 5.41) is 9.21. The summed E-state index contributed by atoms with van der Waals surface area (Å²) in [6, 6.07) is 3.34. The summed E-state index contributed by atoms with van der Waals surface area (Å²) < 4.78 is 0. The third kappa shape index (κ3) is 2.69. The Balaban J connectivity index is 2.54. The minimum absolute atomic E-state index is 0.0327. The Morgan fingerprint density at radius 1 is 1.20 bits per heavy atom. The normalized spacial score (nSPS) is 10.6. The highest BCUT2D eigenvalue weighted by Gasteiger charge is 2.22. The summed E-state index contributed by atoms with van der Waals surface area (Å²) >= 11 is 0. The maximum Gasteiger partial charge on any atom is 0.355 e. The molecule has 0 spiro atoms. The van der Waals surface area contributed by atoms with Crippen LogP contribution in [0.4, 0.5) is 0 Å². The Morgan fingerprint density at radius 3 is 2.40 bits per heavy atom. The molecule has 2 aromatic heterocycles. The molecule has 1 N–H and O–H groups in total. The van der Waals surface area contributed by atoms with Crippen molar-refractivity contribution in [2.75, 3.05) is 0 Å². The van der Waals surface area contributed by atoms with Crippen LogP contribution in [-0.4, -0.2) is 31.8 Å². The first-order valence-electron chi connectivity index (χ1n) is 6.05. The van der Waals surface area contributed by atoms with Gasteiger partial charge in [-0.05, 0) is 12.1 Å². The molecule has 102 valence electrons. The predicted octanol–water partition coefficient (Wildman–Crippen LogP) is 2.08. The Hall–Kier alpha value is -2.63. The lowest BCUT2D eigenvalue weighted by Gasteiger charge is -2.08. The Morgan fingerprint density at radius 2 is 1.85 bits per heavy atom. The van der Waals surface area contributed by atoms with Gasteiger partial charge in [0.1, 0.15) is 0 Å². The number of pyridine rings is 1. The van der Waals surface area contributed by atoms with E-state index in [2.05, 4.69) is 15.0 Å². The first kappa shape index (κ1) is 13.8. The Kier molecular flexibility index (Phi) is 3.84. The lowest BCUT2D eigenvalue weighted by molar-refractivity contribution is 0.0684. The van der Waals surface area contributed by atoms with E-state index in [0.29, 0.717) is 5.56 Å². The highest BCUT2D eigenvalue weighted by molar-refractivity contribution is 6.05. The number of hydrogen-bond donors (Lipinski definition) is 1. The topological polar surface area (TPSA) is 93.0 Å². The second-order valence-electron chi connectivity index (χ2n) is 4.52. The molecule has 2 aromatic rings. The SMILES string of the molecule is CC(C)C(=O)c1cnc(-c2ccncc2)nc1C(=O)O. The van der Waals surface area contributed by atoms with Gasteiger partial charge in [-0.1, -0.05) is 13.8 Å². The van der Waals surface area contributed by atoms with Crippen molar-refractivity contribution in [3.05, 3.63) is 42.0 Å². The largest absolute Gasteiger partial charge is 0.476 e. The molecule has 0 fully saturated rings. The number of nitrogens with zero attached hydrogens (tertiary/aromatic N) is 3. The van der Waals surface area contributed by atoms with Gasteiger partial charge in [-0.25, -0.2) is 14.8 Å². The summed E-state index contributed by atoms with van der Waals surface area (Å²) in [7, 11) is 0. The summed E-state index contributed by atoms with van der Waals surface area (Å²) in [6.07, 6.45) is 4.40. The Bertz CT molecular complexity index is 654. The fourth-order valence-electron chi connectivity index (χ4n) is 1.68. The van der Waals surface area contributed by atoms with Gasteiger partial charge in [0.05, 0.1) is 5.56 Å². The first-order chi connectivity index (χ1) is 9.50. The molecule has 0 aliphatic heterocycles. The van der Waals surface area contributed by atoms with Crippen molar-refractivity contribution in [1.29, 1.82) is 0 Å². The molecule has 6 nitrogen and oxygen atoms in total. The molecule has 0 aliphatic rings. The molecular weight excluding hydrogens is 258 g/mol. The number of Topliss-reactive ketones (excluding diaryl/α,β-unsaturated/α-hetero) is 1. The third-order valence-corrected chi connectivity index (χ3v) is 2.72. The number of carboxylic acids is 1. The van der Waals surface area contributed by atoms with E-state index in [1.165, 1.54) is 6.20 Å². The second-order valence-corrected chi connectivity index (χ2v) is 4.52. The number of carboxylic acid groups (broad SMARTS) is 1.